The summed E-state index contributed by atoms with van der Waals surface area (Å²) >= 11 is 0. The fraction of sp³-hybridized carbons (Fsp3) is 1.00. The first-order valence-corrected chi connectivity index (χ1v) is 13.2. The van der Waals surface area contributed by atoms with Gasteiger partial charge in [0.05, 0.1) is 12.2 Å². The van der Waals surface area contributed by atoms with Crippen LogP contribution in [0.25, 0.3) is 0 Å². The largest absolute Gasteiger partial charge is 0.396 e. The minimum Gasteiger partial charge on any atom is -0.396 e. The Morgan fingerprint density at radius 1 is 0.867 bits per heavy atom. The number of aliphatic hydroxyl groups is 3. The summed E-state index contributed by atoms with van der Waals surface area (Å²) < 4.78 is 0. The third kappa shape index (κ3) is 3.79. The molecule has 3 heteroatoms. The van der Waals surface area contributed by atoms with E-state index in [1.807, 2.05) is 0 Å². The molecule has 4 aliphatic carbocycles. The van der Waals surface area contributed by atoms with E-state index in [-0.39, 0.29) is 5.41 Å². The van der Waals surface area contributed by atoms with Crippen LogP contribution in [-0.4, -0.2) is 34.1 Å². The van der Waals surface area contributed by atoms with Crippen LogP contribution in [-0.2, 0) is 0 Å². The van der Waals surface area contributed by atoms with Gasteiger partial charge in [-0.05, 0) is 110 Å². The van der Waals surface area contributed by atoms with E-state index in [4.69, 9.17) is 0 Å². The van der Waals surface area contributed by atoms with Gasteiger partial charge in [-0.2, -0.15) is 0 Å². The van der Waals surface area contributed by atoms with Crippen molar-refractivity contribution in [1.82, 2.24) is 0 Å². The van der Waals surface area contributed by atoms with Crippen LogP contribution in [0.4, 0.5) is 0 Å². The zero-order valence-electron chi connectivity index (χ0n) is 20.0. The van der Waals surface area contributed by atoms with Gasteiger partial charge in [0, 0.05) is 6.61 Å². The fourth-order valence-corrected chi connectivity index (χ4v) is 9.33. The van der Waals surface area contributed by atoms with Crippen molar-refractivity contribution in [2.75, 3.05) is 6.61 Å². The van der Waals surface area contributed by atoms with E-state index in [2.05, 4.69) is 27.7 Å². The Labute approximate surface area is 185 Å². The van der Waals surface area contributed by atoms with E-state index >= 15 is 0 Å². The third-order valence-electron chi connectivity index (χ3n) is 11.1. The Morgan fingerprint density at radius 3 is 2.33 bits per heavy atom. The molecule has 4 saturated carbocycles. The average molecular weight is 421 g/mol. The van der Waals surface area contributed by atoms with Crippen LogP contribution in [0.3, 0.4) is 0 Å². The predicted molar refractivity (Wildman–Crippen MR) is 122 cm³/mol. The number of rotatable bonds is 6. The highest BCUT2D eigenvalue weighted by atomic mass is 16.3. The van der Waals surface area contributed by atoms with Gasteiger partial charge in [0.25, 0.3) is 0 Å². The summed E-state index contributed by atoms with van der Waals surface area (Å²) in [4.78, 5) is 0. The molecule has 0 saturated heterocycles. The van der Waals surface area contributed by atoms with Gasteiger partial charge in [0.15, 0.2) is 0 Å². The predicted octanol–water partition coefficient (Wildman–Crippen LogP) is 5.41. The highest BCUT2D eigenvalue weighted by Crippen LogP contribution is 2.68. The lowest BCUT2D eigenvalue weighted by atomic mass is 9.44. The summed E-state index contributed by atoms with van der Waals surface area (Å²) in [6.45, 7) is 10.1. The molecule has 0 aromatic rings. The first kappa shape index (κ1) is 23.1. The molecule has 4 aliphatic rings. The van der Waals surface area contributed by atoms with Gasteiger partial charge < -0.3 is 15.3 Å². The first-order chi connectivity index (χ1) is 14.2. The molecule has 3 nitrogen and oxygen atoms in total. The van der Waals surface area contributed by atoms with E-state index in [1.54, 1.807) is 0 Å². The SMILES string of the molecule is CC(CO)CCCC(C)C1CCC2C3CCC4CC(O)C(O)CC4(C)C3CCC12C. The molecule has 11 atom stereocenters. The van der Waals surface area contributed by atoms with E-state index in [1.165, 1.54) is 51.4 Å². The van der Waals surface area contributed by atoms with Gasteiger partial charge in [0.1, 0.15) is 0 Å². The zero-order valence-corrected chi connectivity index (χ0v) is 20.0. The van der Waals surface area contributed by atoms with Crippen LogP contribution >= 0.6 is 0 Å². The van der Waals surface area contributed by atoms with Crippen molar-refractivity contribution in [2.24, 2.45) is 52.3 Å². The van der Waals surface area contributed by atoms with Gasteiger partial charge in [-0.15, -0.1) is 0 Å². The van der Waals surface area contributed by atoms with E-state index in [0.717, 1.165) is 48.9 Å². The fourth-order valence-electron chi connectivity index (χ4n) is 9.33. The molecule has 4 fully saturated rings. The van der Waals surface area contributed by atoms with E-state index in [0.29, 0.717) is 23.9 Å². The van der Waals surface area contributed by atoms with Gasteiger partial charge in [-0.1, -0.05) is 40.5 Å². The summed E-state index contributed by atoms with van der Waals surface area (Å²) in [5, 5.41) is 30.1. The van der Waals surface area contributed by atoms with Crippen molar-refractivity contribution >= 4 is 0 Å². The van der Waals surface area contributed by atoms with Crippen molar-refractivity contribution in [2.45, 2.75) is 111 Å². The van der Waals surface area contributed by atoms with Crippen LogP contribution in [0.15, 0.2) is 0 Å². The Morgan fingerprint density at radius 2 is 1.60 bits per heavy atom. The molecule has 4 rings (SSSR count). The second-order valence-corrected chi connectivity index (χ2v) is 12.7. The molecule has 0 spiro atoms. The number of aliphatic hydroxyl groups excluding tert-OH is 3. The lowest BCUT2D eigenvalue weighted by molar-refractivity contribution is -0.160. The minimum absolute atomic E-state index is 0.229. The van der Waals surface area contributed by atoms with Crippen molar-refractivity contribution in [3.8, 4) is 0 Å². The minimum atomic E-state index is -0.518. The van der Waals surface area contributed by atoms with Crippen LogP contribution < -0.4 is 0 Å². The van der Waals surface area contributed by atoms with Crippen molar-refractivity contribution in [3.63, 3.8) is 0 Å². The molecular weight excluding hydrogens is 372 g/mol. The van der Waals surface area contributed by atoms with Gasteiger partial charge >= 0.3 is 0 Å². The van der Waals surface area contributed by atoms with Crippen LogP contribution in [0.2, 0.25) is 0 Å². The molecule has 0 aliphatic heterocycles. The molecule has 174 valence electrons. The number of fused-ring (bicyclic) bond motifs is 5. The summed E-state index contributed by atoms with van der Waals surface area (Å²) in [5.74, 6) is 5.14. The zero-order chi connectivity index (χ0) is 21.7. The third-order valence-corrected chi connectivity index (χ3v) is 11.1. The molecule has 0 aromatic heterocycles. The second kappa shape index (κ2) is 8.67. The van der Waals surface area contributed by atoms with E-state index in [9.17, 15) is 15.3 Å². The average Bonchev–Trinajstić information content (AvgIpc) is 3.06. The Hall–Kier alpha value is -0.120. The maximum atomic E-state index is 10.5. The van der Waals surface area contributed by atoms with Crippen molar-refractivity contribution in [1.29, 1.82) is 0 Å². The summed E-state index contributed by atoms with van der Waals surface area (Å²) in [5.41, 5.74) is 0.728. The van der Waals surface area contributed by atoms with Crippen LogP contribution in [0.5, 0.6) is 0 Å². The highest BCUT2D eigenvalue weighted by Gasteiger charge is 2.61. The summed E-state index contributed by atoms with van der Waals surface area (Å²) in [7, 11) is 0. The van der Waals surface area contributed by atoms with E-state index < -0.39 is 12.2 Å². The monoisotopic (exact) mass is 420 g/mol. The van der Waals surface area contributed by atoms with Crippen molar-refractivity contribution in [3.05, 3.63) is 0 Å². The molecule has 0 amide bonds. The molecule has 11 unspecified atom stereocenters. The first-order valence-electron chi connectivity index (χ1n) is 13.2. The maximum absolute atomic E-state index is 10.5. The highest BCUT2D eigenvalue weighted by molar-refractivity contribution is 5.10. The normalized spacial score (nSPS) is 50.3. The molecule has 0 bridgehead atoms. The van der Waals surface area contributed by atoms with Crippen LogP contribution in [0.1, 0.15) is 98.3 Å². The molecule has 0 heterocycles. The topological polar surface area (TPSA) is 60.7 Å². The Balaban J connectivity index is 1.45. The number of hydrogen-bond donors (Lipinski definition) is 3. The molecule has 3 N–H and O–H groups in total. The summed E-state index contributed by atoms with van der Waals surface area (Å²) in [6.07, 6.45) is 12.5. The maximum Gasteiger partial charge on any atom is 0.0804 e. The molecule has 0 radical (unpaired) electrons. The lowest BCUT2D eigenvalue weighted by Gasteiger charge is -2.61. The Bertz CT molecular complexity index is 593. The molecular formula is C27H48O3. The summed E-state index contributed by atoms with van der Waals surface area (Å²) in [6, 6.07) is 0. The van der Waals surface area contributed by atoms with Crippen molar-refractivity contribution < 1.29 is 15.3 Å². The van der Waals surface area contributed by atoms with Gasteiger partial charge in [-0.3, -0.25) is 0 Å². The number of hydrogen-bond acceptors (Lipinski definition) is 3. The van der Waals surface area contributed by atoms with Crippen LogP contribution in [0, 0.1) is 52.3 Å². The second-order valence-electron chi connectivity index (χ2n) is 12.7. The molecule has 30 heavy (non-hydrogen) atoms. The smallest absolute Gasteiger partial charge is 0.0804 e. The van der Waals surface area contributed by atoms with Gasteiger partial charge in [-0.25, -0.2) is 0 Å². The Kier molecular flexibility index (Phi) is 6.66. The molecule has 0 aromatic carbocycles. The lowest BCUT2D eigenvalue weighted by Crippen LogP contribution is -2.56. The van der Waals surface area contributed by atoms with Gasteiger partial charge in [0.2, 0.25) is 0 Å². The standard InChI is InChI=1S/C27H48O3/c1-17(16-28)6-5-7-18(2)21-10-11-22-20-9-8-19-14-24(29)25(30)15-27(19,4)23(20)12-13-26(21,22)3/h17-25,28-30H,5-16H2,1-4H3. The quantitative estimate of drug-likeness (QED) is 0.538.